The van der Waals surface area contributed by atoms with Crippen LogP contribution in [-0.2, 0) is 4.79 Å². The molecule has 0 aliphatic rings. The van der Waals surface area contributed by atoms with Gasteiger partial charge in [-0.25, -0.2) is 0 Å². The molecule has 0 aliphatic heterocycles. The first-order valence-corrected chi connectivity index (χ1v) is 10.5. The number of aryl methyl sites for hydroxylation is 1. The minimum absolute atomic E-state index is 0.161. The summed E-state index contributed by atoms with van der Waals surface area (Å²) in [4.78, 5) is 25.8. The van der Waals surface area contributed by atoms with Gasteiger partial charge in [0, 0.05) is 0 Å². The third kappa shape index (κ3) is 5.95. The Morgan fingerprint density at radius 1 is 0.903 bits per heavy atom. The van der Waals surface area contributed by atoms with Crippen LogP contribution in [0.5, 0.6) is 5.75 Å². The molecule has 0 bridgehead atoms. The number of para-hydroxylation sites is 1. The standard InChI is InChI=1S/C26H28N2O3/c1-4-24(31-21-16-14-18(2)15-17-21)26(30)28-23-13-9-8-12-22(23)25(29)27-19(3)20-10-6-5-7-11-20/h5-17,19,24H,4H2,1-3H3,(H,27,29)(H,28,30)/t19-,24-/m1/s1. The smallest absolute Gasteiger partial charge is 0.265 e. The van der Waals surface area contributed by atoms with Crippen molar-refractivity contribution in [2.45, 2.75) is 39.3 Å². The Balaban J connectivity index is 1.70. The number of hydrogen-bond acceptors (Lipinski definition) is 3. The van der Waals surface area contributed by atoms with Crippen LogP contribution in [0.1, 0.15) is 47.8 Å². The summed E-state index contributed by atoms with van der Waals surface area (Å²) < 4.78 is 5.86. The first-order valence-electron chi connectivity index (χ1n) is 10.5. The highest BCUT2D eigenvalue weighted by atomic mass is 16.5. The number of amides is 2. The molecular weight excluding hydrogens is 388 g/mol. The van der Waals surface area contributed by atoms with Gasteiger partial charge in [-0.3, -0.25) is 9.59 Å². The van der Waals surface area contributed by atoms with E-state index in [0.717, 1.165) is 11.1 Å². The van der Waals surface area contributed by atoms with Gasteiger partial charge in [0.2, 0.25) is 0 Å². The molecule has 0 radical (unpaired) electrons. The summed E-state index contributed by atoms with van der Waals surface area (Å²) >= 11 is 0. The third-order valence-electron chi connectivity index (χ3n) is 5.04. The van der Waals surface area contributed by atoms with Gasteiger partial charge in [0.05, 0.1) is 17.3 Å². The molecule has 0 aliphatic carbocycles. The van der Waals surface area contributed by atoms with Gasteiger partial charge in [-0.05, 0) is 50.1 Å². The molecule has 3 aromatic carbocycles. The Hall–Kier alpha value is -3.60. The summed E-state index contributed by atoms with van der Waals surface area (Å²) in [7, 11) is 0. The maximum Gasteiger partial charge on any atom is 0.265 e. The van der Waals surface area contributed by atoms with E-state index in [1.807, 2.05) is 75.4 Å². The Labute approximate surface area is 183 Å². The van der Waals surface area contributed by atoms with Gasteiger partial charge in [-0.1, -0.05) is 67.1 Å². The lowest BCUT2D eigenvalue weighted by Crippen LogP contribution is -2.34. The second-order valence-corrected chi connectivity index (χ2v) is 7.47. The van der Waals surface area contributed by atoms with Crippen LogP contribution in [0.25, 0.3) is 0 Å². The van der Waals surface area contributed by atoms with E-state index in [-0.39, 0.29) is 17.9 Å². The molecule has 0 saturated heterocycles. The predicted octanol–water partition coefficient (Wildman–Crippen LogP) is 5.28. The van der Waals surface area contributed by atoms with Gasteiger partial charge in [0.15, 0.2) is 6.10 Å². The number of benzene rings is 3. The van der Waals surface area contributed by atoms with Gasteiger partial charge in [-0.15, -0.1) is 0 Å². The maximum atomic E-state index is 12.9. The molecular formula is C26H28N2O3. The monoisotopic (exact) mass is 416 g/mol. The van der Waals surface area contributed by atoms with Crippen LogP contribution in [0.15, 0.2) is 78.9 Å². The predicted molar refractivity (Wildman–Crippen MR) is 123 cm³/mol. The molecule has 5 heteroatoms. The summed E-state index contributed by atoms with van der Waals surface area (Å²) in [6.07, 6.45) is -0.166. The number of rotatable bonds is 8. The van der Waals surface area contributed by atoms with Crippen molar-refractivity contribution in [1.82, 2.24) is 5.32 Å². The van der Waals surface area contributed by atoms with E-state index in [1.54, 1.807) is 24.3 Å². The van der Waals surface area contributed by atoms with Crippen LogP contribution in [0.3, 0.4) is 0 Å². The highest BCUT2D eigenvalue weighted by Crippen LogP contribution is 2.20. The van der Waals surface area contributed by atoms with Crippen LogP contribution in [0.4, 0.5) is 5.69 Å². The van der Waals surface area contributed by atoms with E-state index in [1.165, 1.54) is 0 Å². The van der Waals surface area contributed by atoms with Crippen molar-refractivity contribution in [2.75, 3.05) is 5.32 Å². The Bertz CT molecular complexity index is 1020. The molecule has 0 unspecified atom stereocenters. The number of hydrogen-bond donors (Lipinski definition) is 2. The summed E-state index contributed by atoms with van der Waals surface area (Å²) in [5, 5.41) is 5.86. The van der Waals surface area contributed by atoms with Gasteiger partial charge in [-0.2, -0.15) is 0 Å². The molecule has 0 fully saturated rings. The number of nitrogens with one attached hydrogen (secondary N) is 2. The molecule has 160 valence electrons. The SMILES string of the molecule is CC[C@@H](Oc1ccc(C)cc1)C(=O)Nc1ccccc1C(=O)N[C@H](C)c1ccccc1. The third-order valence-corrected chi connectivity index (χ3v) is 5.04. The molecule has 31 heavy (non-hydrogen) atoms. The Morgan fingerprint density at radius 2 is 1.55 bits per heavy atom. The van der Waals surface area contributed by atoms with Gasteiger partial charge in [0.1, 0.15) is 5.75 Å². The molecule has 3 aromatic rings. The minimum atomic E-state index is -0.665. The highest BCUT2D eigenvalue weighted by Gasteiger charge is 2.21. The zero-order valence-corrected chi connectivity index (χ0v) is 18.1. The average Bonchev–Trinajstić information content (AvgIpc) is 2.79. The largest absolute Gasteiger partial charge is 0.481 e. The highest BCUT2D eigenvalue weighted by molar-refractivity contribution is 6.04. The lowest BCUT2D eigenvalue weighted by molar-refractivity contribution is -0.122. The summed E-state index contributed by atoms with van der Waals surface area (Å²) in [6.45, 7) is 5.81. The van der Waals surface area contributed by atoms with E-state index >= 15 is 0 Å². The molecule has 0 spiro atoms. The normalized spacial score (nSPS) is 12.5. The van der Waals surface area contributed by atoms with Crippen molar-refractivity contribution in [3.63, 3.8) is 0 Å². The summed E-state index contributed by atoms with van der Waals surface area (Å²) in [5.41, 5.74) is 2.99. The molecule has 2 N–H and O–H groups in total. The fourth-order valence-corrected chi connectivity index (χ4v) is 3.21. The van der Waals surface area contributed by atoms with Crippen molar-refractivity contribution in [1.29, 1.82) is 0 Å². The average molecular weight is 417 g/mol. The van der Waals surface area contributed by atoms with Crippen LogP contribution in [0.2, 0.25) is 0 Å². The van der Waals surface area contributed by atoms with Crippen LogP contribution in [0, 0.1) is 6.92 Å². The fourth-order valence-electron chi connectivity index (χ4n) is 3.21. The molecule has 0 saturated carbocycles. The number of carbonyl (C=O) groups excluding carboxylic acids is 2. The lowest BCUT2D eigenvalue weighted by atomic mass is 10.1. The topological polar surface area (TPSA) is 67.4 Å². The van der Waals surface area contributed by atoms with Crippen molar-refractivity contribution in [2.24, 2.45) is 0 Å². The summed E-state index contributed by atoms with van der Waals surface area (Å²) in [5.74, 6) is 0.0921. The van der Waals surface area contributed by atoms with E-state index < -0.39 is 6.10 Å². The van der Waals surface area contributed by atoms with Gasteiger partial charge in [0.25, 0.3) is 11.8 Å². The van der Waals surface area contributed by atoms with E-state index in [0.29, 0.717) is 23.4 Å². The van der Waals surface area contributed by atoms with E-state index in [9.17, 15) is 9.59 Å². The fraction of sp³-hybridized carbons (Fsp3) is 0.231. The molecule has 0 heterocycles. The lowest BCUT2D eigenvalue weighted by Gasteiger charge is -2.19. The molecule has 0 aromatic heterocycles. The van der Waals surface area contributed by atoms with Gasteiger partial charge < -0.3 is 15.4 Å². The van der Waals surface area contributed by atoms with Crippen LogP contribution >= 0.6 is 0 Å². The second kappa shape index (κ2) is 10.4. The Morgan fingerprint density at radius 3 is 2.23 bits per heavy atom. The second-order valence-electron chi connectivity index (χ2n) is 7.47. The minimum Gasteiger partial charge on any atom is -0.481 e. The zero-order valence-electron chi connectivity index (χ0n) is 18.1. The molecule has 5 nitrogen and oxygen atoms in total. The van der Waals surface area contributed by atoms with Crippen molar-refractivity contribution in [3.8, 4) is 5.75 Å². The first kappa shape index (κ1) is 22.1. The van der Waals surface area contributed by atoms with Crippen molar-refractivity contribution < 1.29 is 14.3 Å². The molecule has 2 amide bonds. The van der Waals surface area contributed by atoms with Crippen molar-refractivity contribution >= 4 is 17.5 Å². The van der Waals surface area contributed by atoms with E-state index in [2.05, 4.69) is 10.6 Å². The Kier molecular flexibility index (Phi) is 7.44. The summed E-state index contributed by atoms with van der Waals surface area (Å²) in [6, 6.07) is 24.1. The number of carbonyl (C=O) groups is 2. The molecule has 3 rings (SSSR count). The van der Waals surface area contributed by atoms with Crippen molar-refractivity contribution in [3.05, 3.63) is 95.6 Å². The first-order chi connectivity index (χ1) is 15.0. The molecule has 2 atom stereocenters. The van der Waals surface area contributed by atoms with Crippen LogP contribution in [-0.4, -0.2) is 17.9 Å². The zero-order chi connectivity index (χ0) is 22.2. The van der Waals surface area contributed by atoms with Crippen LogP contribution < -0.4 is 15.4 Å². The quantitative estimate of drug-likeness (QED) is 0.525. The van der Waals surface area contributed by atoms with Gasteiger partial charge >= 0.3 is 0 Å². The van der Waals surface area contributed by atoms with E-state index in [4.69, 9.17) is 4.74 Å². The number of anilines is 1. The maximum absolute atomic E-state index is 12.9. The number of ether oxygens (including phenoxy) is 1.